The number of nitrogens with two attached hydrogens (primary N) is 1. The van der Waals surface area contributed by atoms with Gasteiger partial charge in [-0.05, 0) is 31.5 Å². The van der Waals surface area contributed by atoms with E-state index in [1.54, 1.807) is 12.3 Å². The lowest BCUT2D eigenvalue weighted by Gasteiger charge is -2.10. The lowest BCUT2D eigenvalue weighted by atomic mass is 10.2. The molecule has 0 bridgehead atoms. The van der Waals surface area contributed by atoms with E-state index in [0.29, 0.717) is 22.6 Å². The van der Waals surface area contributed by atoms with Crippen LogP contribution in [0.15, 0.2) is 24.4 Å². The highest BCUT2D eigenvalue weighted by atomic mass is 35.5. The zero-order valence-corrected chi connectivity index (χ0v) is 10.8. The largest absolute Gasteiger partial charge is 0.437 e. The van der Waals surface area contributed by atoms with E-state index in [-0.39, 0.29) is 0 Å². The number of anilines is 1. The number of hydrogen-bond acceptors (Lipinski definition) is 5. The van der Waals surface area contributed by atoms with Gasteiger partial charge in [0, 0.05) is 11.8 Å². The molecule has 0 aliphatic carbocycles. The van der Waals surface area contributed by atoms with Gasteiger partial charge in [-0.3, -0.25) is 5.43 Å². The zero-order valence-electron chi connectivity index (χ0n) is 10.1. The molecule has 0 unspecified atom stereocenters. The molecular formula is C12H13ClN4O. The summed E-state index contributed by atoms with van der Waals surface area (Å²) in [5.41, 5.74) is 4.23. The van der Waals surface area contributed by atoms with E-state index in [9.17, 15) is 0 Å². The van der Waals surface area contributed by atoms with Crippen LogP contribution in [0, 0.1) is 13.8 Å². The van der Waals surface area contributed by atoms with Crippen LogP contribution in [0.3, 0.4) is 0 Å². The van der Waals surface area contributed by atoms with Crippen molar-refractivity contribution < 1.29 is 4.74 Å². The number of nitrogens with zero attached hydrogens (tertiary/aromatic N) is 2. The van der Waals surface area contributed by atoms with E-state index in [2.05, 4.69) is 15.4 Å². The molecule has 94 valence electrons. The zero-order chi connectivity index (χ0) is 13.1. The molecule has 0 radical (unpaired) electrons. The van der Waals surface area contributed by atoms with Crippen molar-refractivity contribution in [2.24, 2.45) is 5.84 Å². The maximum atomic E-state index is 6.10. The van der Waals surface area contributed by atoms with Crippen molar-refractivity contribution >= 4 is 17.5 Å². The predicted molar refractivity (Wildman–Crippen MR) is 70.8 cm³/mol. The van der Waals surface area contributed by atoms with Crippen LogP contribution in [-0.2, 0) is 0 Å². The highest BCUT2D eigenvalue weighted by Crippen LogP contribution is 2.30. The van der Waals surface area contributed by atoms with Gasteiger partial charge in [-0.2, -0.15) is 4.98 Å². The highest BCUT2D eigenvalue weighted by Gasteiger charge is 2.08. The van der Waals surface area contributed by atoms with Gasteiger partial charge >= 0.3 is 0 Å². The average molecular weight is 265 g/mol. The van der Waals surface area contributed by atoms with Crippen LogP contribution in [-0.4, -0.2) is 9.97 Å². The number of halogens is 1. The standard InChI is InChI=1S/C12H13ClN4O/c1-7-3-4-10(9(13)5-7)18-11-8(2)6-15-12(16-11)17-14/h3-6H,14H2,1-2H3,(H,15,16,17). The second-order valence-electron chi connectivity index (χ2n) is 3.86. The van der Waals surface area contributed by atoms with E-state index in [1.807, 2.05) is 26.0 Å². The minimum Gasteiger partial charge on any atom is -0.437 e. The monoisotopic (exact) mass is 264 g/mol. The Balaban J connectivity index is 2.33. The topological polar surface area (TPSA) is 73.1 Å². The molecule has 2 rings (SSSR count). The molecule has 0 fully saturated rings. The summed E-state index contributed by atoms with van der Waals surface area (Å²) in [6.07, 6.45) is 1.62. The lowest BCUT2D eigenvalue weighted by molar-refractivity contribution is 0.458. The molecule has 18 heavy (non-hydrogen) atoms. The molecule has 0 atom stereocenters. The Morgan fingerprint density at radius 1 is 1.33 bits per heavy atom. The molecule has 5 nitrogen and oxygen atoms in total. The summed E-state index contributed by atoms with van der Waals surface area (Å²) < 4.78 is 5.66. The van der Waals surface area contributed by atoms with E-state index < -0.39 is 0 Å². The number of nitrogens with one attached hydrogen (secondary N) is 1. The summed E-state index contributed by atoms with van der Waals surface area (Å²) in [5.74, 6) is 6.51. The molecule has 0 amide bonds. The van der Waals surface area contributed by atoms with Crippen LogP contribution < -0.4 is 16.0 Å². The SMILES string of the molecule is Cc1ccc(Oc2nc(NN)ncc2C)c(Cl)c1. The number of nitrogen functional groups attached to an aromatic ring is 1. The predicted octanol–water partition coefficient (Wildman–Crippen LogP) is 2.82. The summed E-state index contributed by atoms with van der Waals surface area (Å²) in [5, 5.41) is 0.537. The van der Waals surface area contributed by atoms with Crippen LogP contribution in [0.2, 0.25) is 5.02 Å². The average Bonchev–Trinajstić information content (AvgIpc) is 2.35. The summed E-state index contributed by atoms with van der Waals surface area (Å²) in [7, 11) is 0. The molecule has 3 N–H and O–H groups in total. The third-order valence-electron chi connectivity index (χ3n) is 2.35. The molecule has 2 aromatic rings. The lowest BCUT2D eigenvalue weighted by Crippen LogP contribution is -2.11. The first kappa shape index (κ1) is 12.6. The second-order valence-corrected chi connectivity index (χ2v) is 4.27. The summed E-state index contributed by atoms with van der Waals surface area (Å²) >= 11 is 6.10. The first-order chi connectivity index (χ1) is 8.60. The summed E-state index contributed by atoms with van der Waals surface area (Å²) in [6.45, 7) is 3.81. The molecule has 0 aliphatic rings. The minimum absolute atomic E-state index is 0.291. The normalized spacial score (nSPS) is 10.2. The minimum atomic E-state index is 0.291. The van der Waals surface area contributed by atoms with Gasteiger partial charge in [0.1, 0.15) is 5.75 Å². The van der Waals surface area contributed by atoms with E-state index in [1.165, 1.54) is 0 Å². The Morgan fingerprint density at radius 3 is 2.78 bits per heavy atom. The molecule has 0 aliphatic heterocycles. The van der Waals surface area contributed by atoms with Gasteiger partial charge < -0.3 is 4.74 Å². The van der Waals surface area contributed by atoms with Crippen molar-refractivity contribution in [1.82, 2.24) is 9.97 Å². The van der Waals surface area contributed by atoms with Crippen molar-refractivity contribution in [3.63, 3.8) is 0 Å². The van der Waals surface area contributed by atoms with Crippen molar-refractivity contribution in [1.29, 1.82) is 0 Å². The Hall–Kier alpha value is -1.85. The van der Waals surface area contributed by atoms with Crippen LogP contribution in [0.1, 0.15) is 11.1 Å². The number of ether oxygens (including phenoxy) is 1. The van der Waals surface area contributed by atoms with Crippen molar-refractivity contribution in [3.05, 3.63) is 40.5 Å². The van der Waals surface area contributed by atoms with Gasteiger partial charge in [0.25, 0.3) is 0 Å². The second kappa shape index (κ2) is 5.20. The van der Waals surface area contributed by atoms with Gasteiger partial charge in [-0.15, -0.1) is 0 Å². The molecular weight excluding hydrogens is 252 g/mol. The Kier molecular flexibility index (Phi) is 3.64. The number of aryl methyl sites for hydroxylation is 2. The Morgan fingerprint density at radius 2 is 2.11 bits per heavy atom. The number of aromatic nitrogens is 2. The van der Waals surface area contributed by atoms with Crippen LogP contribution in [0.25, 0.3) is 0 Å². The molecule has 0 saturated carbocycles. The molecule has 1 aromatic heterocycles. The Bertz CT molecular complexity index is 574. The first-order valence-corrected chi connectivity index (χ1v) is 5.72. The van der Waals surface area contributed by atoms with Crippen LogP contribution >= 0.6 is 11.6 Å². The molecule has 6 heteroatoms. The summed E-state index contributed by atoms with van der Waals surface area (Å²) in [4.78, 5) is 8.10. The summed E-state index contributed by atoms with van der Waals surface area (Å²) in [6, 6.07) is 5.55. The number of hydrogen-bond donors (Lipinski definition) is 2. The fraction of sp³-hybridized carbons (Fsp3) is 0.167. The maximum Gasteiger partial charge on any atom is 0.240 e. The van der Waals surface area contributed by atoms with E-state index in [0.717, 1.165) is 11.1 Å². The highest BCUT2D eigenvalue weighted by molar-refractivity contribution is 6.32. The quantitative estimate of drug-likeness (QED) is 0.659. The van der Waals surface area contributed by atoms with Gasteiger partial charge in [0.05, 0.1) is 5.02 Å². The van der Waals surface area contributed by atoms with Crippen LogP contribution in [0.5, 0.6) is 11.6 Å². The first-order valence-electron chi connectivity index (χ1n) is 5.34. The van der Waals surface area contributed by atoms with Gasteiger partial charge in [0.15, 0.2) is 0 Å². The number of hydrazine groups is 1. The molecule has 1 aromatic carbocycles. The third kappa shape index (κ3) is 2.69. The van der Waals surface area contributed by atoms with E-state index >= 15 is 0 Å². The smallest absolute Gasteiger partial charge is 0.240 e. The fourth-order valence-corrected chi connectivity index (χ4v) is 1.67. The van der Waals surface area contributed by atoms with E-state index in [4.69, 9.17) is 22.2 Å². The van der Waals surface area contributed by atoms with Crippen molar-refractivity contribution in [2.75, 3.05) is 5.43 Å². The molecule has 0 saturated heterocycles. The van der Waals surface area contributed by atoms with Gasteiger partial charge in [-0.1, -0.05) is 17.7 Å². The van der Waals surface area contributed by atoms with Crippen molar-refractivity contribution in [2.45, 2.75) is 13.8 Å². The van der Waals surface area contributed by atoms with Crippen molar-refractivity contribution in [3.8, 4) is 11.6 Å². The fourth-order valence-electron chi connectivity index (χ4n) is 1.39. The third-order valence-corrected chi connectivity index (χ3v) is 2.64. The maximum absolute atomic E-state index is 6.10. The van der Waals surface area contributed by atoms with Gasteiger partial charge in [0.2, 0.25) is 11.8 Å². The number of rotatable bonds is 3. The molecule has 0 spiro atoms. The number of benzene rings is 1. The van der Waals surface area contributed by atoms with Crippen LogP contribution in [0.4, 0.5) is 5.95 Å². The molecule has 1 heterocycles. The Labute approximate surface area is 110 Å². The van der Waals surface area contributed by atoms with Gasteiger partial charge in [-0.25, -0.2) is 10.8 Å².